The van der Waals surface area contributed by atoms with Crippen LogP contribution in [0.25, 0.3) is 6.08 Å². The Morgan fingerprint density at radius 1 is 1.10 bits per heavy atom. The van der Waals surface area contributed by atoms with E-state index in [4.69, 9.17) is 0 Å². The zero-order valence-electron chi connectivity index (χ0n) is 16.9. The van der Waals surface area contributed by atoms with E-state index in [-0.39, 0.29) is 24.7 Å². The summed E-state index contributed by atoms with van der Waals surface area (Å²) in [5, 5.41) is 0. The van der Waals surface area contributed by atoms with Gasteiger partial charge in [0.15, 0.2) is 0 Å². The molecule has 2 aliphatic rings. The number of benzene rings is 1. The lowest BCUT2D eigenvalue weighted by Crippen LogP contribution is -2.50. The van der Waals surface area contributed by atoms with Crippen molar-refractivity contribution in [1.82, 2.24) is 9.21 Å². The van der Waals surface area contributed by atoms with Gasteiger partial charge >= 0.3 is 6.61 Å². The monoisotopic (exact) mass is 468 g/mol. The summed E-state index contributed by atoms with van der Waals surface area (Å²) in [5.41, 5.74) is 1.46. The second-order valence-electron chi connectivity index (χ2n) is 7.46. The molecule has 4 rings (SSSR count). The van der Waals surface area contributed by atoms with Gasteiger partial charge in [-0.15, -0.1) is 11.3 Å². The van der Waals surface area contributed by atoms with E-state index in [1.54, 1.807) is 23.1 Å². The van der Waals surface area contributed by atoms with E-state index in [0.29, 0.717) is 41.3 Å². The molecule has 1 aromatic heterocycles. The maximum atomic E-state index is 13.1. The molecule has 1 aliphatic heterocycles. The number of ether oxygens (including phenoxy) is 1. The third-order valence-corrected chi connectivity index (χ3v) is 8.46. The van der Waals surface area contributed by atoms with Crippen molar-refractivity contribution in [2.45, 2.75) is 26.4 Å². The van der Waals surface area contributed by atoms with Crippen LogP contribution >= 0.6 is 11.3 Å². The Hall–Kier alpha value is -2.30. The summed E-state index contributed by atoms with van der Waals surface area (Å²) in [6.07, 6.45) is 2.32. The van der Waals surface area contributed by atoms with Crippen LogP contribution in [-0.2, 0) is 16.4 Å². The topological polar surface area (TPSA) is 66.9 Å². The SMILES string of the molecule is Cc1ccc(C(=O)N2CCN(S(=O)(=O)C3=Cc4ccc(OC(F)F)cc4CC3)CC2)s1. The molecule has 1 saturated heterocycles. The Bertz CT molecular complexity index is 1120. The number of piperazine rings is 1. The molecule has 1 aliphatic carbocycles. The number of amides is 1. The van der Waals surface area contributed by atoms with Gasteiger partial charge in [-0.25, -0.2) is 8.42 Å². The van der Waals surface area contributed by atoms with Gasteiger partial charge in [0.05, 0.1) is 9.78 Å². The van der Waals surface area contributed by atoms with Crippen molar-refractivity contribution in [3.05, 3.63) is 56.1 Å². The molecule has 0 atom stereocenters. The molecule has 1 aromatic carbocycles. The summed E-state index contributed by atoms with van der Waals surface area (Å²) in [6, 6.07) is 8.23. The number of rotatable bonds is 5. The Morgan fingerprint density at radius 2 is 1.84 bits per heavy atom. The third kappa shape index (κ3) is 4.65. The van der Waals surface area contributed by atoms with Crippen LogP contribution in [0.15, 0.2) is 35.2 Å². The molecule has 2 aromatic rings. The Labute approximate surface area is 183 Å². The molecular weight excluding hydrogens is 446 g/mol. The molecule has 10 heteroatoms. The number of thiophene rings is 1. The molecule has 0 radical (unpaired) electrons. The van der Waals surface area contributed by atoms with Crippen LogP contribution in [0.2, 0.25) is 0 Å². The van der Waals surface area contributed by atoms with Crippen molar-refractivity contribution in [2.24, 2.45) is 0 Å². The molecule has 0 unspecified atom stereocenters. The van der Waals surface area contributed by atoms with E-state index in [2.05, 4.69) is 4.74 Å². The minimum absolute atomic E-state index is 0.0650. The van der Waals surface area contributed by atoms with Crippen molar-refractivity contribution in [3.8, 4) is 5.75 Å². The van der Waals surface area contributed by atoms with Crippen LogP contribution in [0.5, 0.6) is 5.75 Å². The first kappa shape index (κ1) is 21.9. The van der Waals surface area contributed by atoms with E-state index in [1.807, 2.05) is 13.0 Å². The quantitative estimate of drug-likeness (QED) is 0.671. The van der Waals surface area contributed by atoms with Crippen molar-refractivity contribution in [3.63, 3.8) is 0 Å². The number of carbonyl (C=O) groups excluding carboxylic acids is 1. The van der Waals surface area contributed by atoms with Crippen LogP contribution in [0.3, 0.4) is 0 Å². The Kier molecular flexibility index (Phi) is 6.14. The lowest BCUT2D eigenvalue weighted by atomic mass is 9.97. The number of hydrogen-bond acceptors (Lipinski definition) is 5. The average molecular weight is 469 g/mol. The highest BCUT2D eigenvalue weighted by atomic mass is 32.2. The second kappa shape index (κ2) is 8.68. The van der Waals surface area contributed by atoms with E-state index in [0.717, 1.165) is 10.4 Å². The van der Waals surface area contributed by atoms with Gasteiger partial charge < -0.3 is 9.64 Å². The summed E-state index contributed by atoms with van der Waals surface area (Å²) in [7, 11) is -3.66. The minimum atomic E-state index is -3.66. The zero-order valence-corrected chi connectivity index (χ0v) is 18.5. The number of aryl methyl sites for hydroxylation is 2. The summed E-state index contributed by atoms with van der Waals surface area (Å²) in [5.74, 6) is -0.00189. The van der Waals surface area contributed by atoms with E-state index in [1.165, 1.54) is 27.8 Å². The summed E-state index contributed by atoms with van der Waals surface area (Å²) in [4.78, 5) is 16.3. The fourth-order valence-corrected chi connectivity index (χ4v) is 6.27. The normalized spacial score (nSPS) is 17.4. The smallest absolute Gasteiger partial charge is 0.387 e. The molecule has 6 nitrogen and oxygen atoms in total. The Morgan fingerprint density at radius 3 is 2.48 bits per heavy atom. The molecule has 31 heavy (non-hydrogen) atoms. The minimum Gasteiger partial charge on any atom is -0.435 e. The lowest BCUT2D eigenvalue weighted by Gasteiger charge is -2.34. The third-order valence-electron chi connectivity index (χ3n) is 5.45. The summed E-state index contributed by atoms with van der Waals surface area (Å²) < 4.78 is 56.9. The van der Waals surface area contributed by atoms with Crippen LogP contribution in [-0.4, -0.2) is 56.3 Å². The van der Waals surface area contributed by atoms with Crippen LogP contribution in [0, 0.1) is 6.92 Å². The van der Waals surface area contributed by atoms with Gasteiger partial charge in [-0.1, -0.05) is 6.07 Å². The predicted octanol–water partition coefficient (Wildman–Crippen LogP) is 3.73. The van der Waals surface area contributed by atoms with Crippen molar-refractivity contribution < 1.29 is 26.7 Å². The molecule has 166 valence electrons. The molecule has 0 bridgehead atoms. The number of alkyl halides is 2. The summed E-state index contributed by atoms with van der Waals surface area (Å²) in [6.45, 7) is 0.199. The number of allylic oxidation sites excluding steroid dienone is 1. The molecular formula is C21H22F2N2O4S2. The maximum Gasteiger partial charge on any atom is 0.387 e. The van der Waals surface area contributed by atoms with E-state index >= 15 is 0 Å². The molecule has 0 N–H and O–H groups in total. The highest BCUT2D eigenvalue weighted by Crippen LogP contribution is 2.32. The standard InChI is InChI=1S/C21H22F2N2O4S2/c1-14-2-7-19(30-14)20(26)24-8-10-25(11-9-24)31(27,28)18-6-4-15-12-17(29-21(22)23)5-3-16(15)13-18/h2-3,5,7,12-13,21H,4,6,8-11H2,1H3. The molecule has 1 fully saturated rings. The number of carbonyl (C=O) groups is 1. The van der Waals surface area contributed by atoms with Gasteiger partial charge in [0, 0.05) is 31.1 Å². The van der Waals surface area contributed by atoms with Gasteiger partial charge in [-0.2, -0.15) is 13.1 Å². The molecule has 0 saturated carbocycles. The average Bonchev–Trinajstić information content (AvgIpc) is 3.18. The fraction of sp³-hybridized carbons (Fsp3) is 0.381. The van der Waals surface area contributed by atoms with Gasteiger partial charge in [-0.05, 0) is 61.2 Å². The first-order chi connectivity index (χ1) is 14.7. The van der Waals surface area contributed by atoms with Gasteiger partial charge in [0.1, 0.15) is 5.75 Å². The van der Waals surface area contributed by atoms with Gasteiger partial charge in [0.2, 0.25) is 10.0 Å². The highest BCUT2D eigenvalue weighted by Gasteiger charge is 2.33. The van der Waals surface area contributed by atoms with E-state index in [9.17, 15) is 22.0 Å². The van der Waals surface area contributed by atoms with Crippen LogP contribution in [0.1, 0.15) is 32.1 Å². The second-order valence-corrected chi connectivity index (χ2v) is 10.7. The van der Waals surface area contributed by atoms with Crippen molar-refractivity contribution in [2.75, 3.05) is 26.2 Å². The number of fused-ring (bicyclic) bond motifs is 1. The van der Waals surface area contributed by atoms with Gasteiger partial charge in [0.25, 0.3) is 5.91 Å². The number of nitrogens with zero attached hydrogens (tertiary/aromatic N) is 2. The first-order valence-corrected chi connectivity index (χ1v) is 12.1. The van der Waals surface area contributed by atoms with Crippen molar-refractivity contribution in [1.29, 1.82) is 0 Å². The zero-order chi connectivity index (χ0) is 22.2. The number of hydrogen-bond donors (Lipinski definition) is 0. The molecule has 2 heterocycles. The molecule has 1 amide bonds. The largest absolute Gasteiger partial charge is 0.435 e. The first-order valence-electron chi connectivity index (χ1n) is 9.88. The fourth-order valence-electron chi connectivity index (χ4n) is 3.83. The van der Waals surface area contributed by atoms with E-state index < -0.39 is 16.6 Å². The summed E-state index contributed by atoms with van der Waals surface area (Å²) >= 11 is 1.43. The van der Waals surface area contributed by atoms with Gasteiger partial charge in [-0.3, -0.25) is 4.79 Å². The highest BCUT2D eigenvalue weighted by molar-refractivity contribution is 7.93. The number of halogens is 2. The maximum absolute atomic E-state index is 13.1. The Balaban J connectivity index is 1.44. The lowest BCUT2D eigenvalue weighted by molar-refractivity contribution is -0.0498. The predicted molar refractivity (Wildman–Crippen MR) is 115 cm³/mol. The van der Waals surface area contributed by atoms with Crippen LogP contribution in [0.4, 0.5) is 8.78 Å². The number of sulfonamides is 1. The van der Waals surface area contributed by atoms with Crippen LogP contribution < -0.4 is 4.74 Å². The van der Waals surface area contributed by atoms with Crippen molar-refractivity contribution >= 4 is 33.3 Å². The molecule has 0 spiro atoms.